The summed E-state index contributed by atoms with van der Waals surface area (Å²) in [6, 6.07) is 5.36. The number of aliphatic hydroxyl groups is 1. The van der Waals surface area contributed by atoms with Crippen LogP contribution in [0.2, 0.25) is 0 Å². The van der Waals surface area contributed by atoms with Crippen molar-refractivity contribution in [1.82, 2.24) is 0 Å². The van der Waals surface area contributed by atoms with E-state index in [2.05, 4.69) is 0 Å². The second-order valence-corrected chi connectivity index (χ2v) is 6.11. The SMILES string of the molecule is NC(=O)C1CC[NH+](C[C@H](O)COc2ccc3c(c2)OCO3)CC1. The first-order chi connectivity index (χ1) is 11.1. The molecule has 1 amide bonds. The highest BCUT2D eigenvalue weighted by molar-refractivity contribution is 5.76. The van der Waals surface area contributed by atoms with E-state index in [0.717, 1.165) is 25.9 Å². The lowest BCUT2D eigenvalue weighted by molar-refractivity contribution is -0.908. The minimum atomic E-state index is -0.555. The van der Waals surface area contributed by atoms with Crippen LogP contribution < -0.4 is 24.8 Å². The number of nitrogens with two attached hydrogens (primary N) is 1. The molecule has 7 heteroatoms. The van der Waals surface area contributed by atoms with E-state index in [1.165, 1.54) is 4.90 Å². The number of amides is 1. The maximum atomic E-state index is 11.1. The largest absolute Gasteiger partial charge is 0.491 e. The molecule has 0 spiro atoms. The molecule has 23 heavy (non-hydrogen) atoms. The Balaban J connectivity index is 1.41. The zero-order valence-electron chi connectivity index (χ0n) is 13.0. The van der Waals surface area contributed by atoms with Crippen molar-refractivity contribution >= 4 is 5.91 Å². The van der Waals surface area contributed by atoms with Crippen LogP contribution in [0.15, 0.2) is 18.2 Å². The summed E-state index contributed by atoms with van der Waals surface area (Å²) in [6.45, 7) is 2.77. The molecular weight excluding hydrogens is 300 g/mol. The summed E-state index contributed by atoms with van der Waals surface area (Å²) in [5.41, 5.74) is 5.33. The molecule has 1 atom stereocenters. The van der Waals surface area contributed by atoms with E-state index in [9.17, 15) is 9.90 Å². The number of fused-ring (bicyclic) bond motifs is 1. The van der Waals surface area contributed by atoms with Crippen LogP contribution in [-0.4, -0.2) is 50.2 Å². The average molecular weight is 323 g/mol. The standard InChI is InChI=1S/C16H22N2O5/c17-16(20)11-3-5-18(6-4-11)8-12(19)9-21-13-1-2-14-15(7-13)23-10-22-14/h1-2,7,11-12,19H,3-6,8-10H2,(H2,17,20)/p+1/t12-/m0/s1. The van der Waals surface area contributed by atoms with Gasteiger partial charge in [-0.15, -0.1) is 0 Å². The number of carbonyl (C=O) groups excluding carboxylic acids is 1. The number of quaternary nitrogens is 1. The van der Waals surface area contributed by atoms with Gasteiger partial charge in [-0.1, -0.05) is 0 Å². The van der Waals surface area contributed by atoms with E-state index >= 15 is 0 Å². The second-order valence-electron chi connectivity index (χ2n) is 6.11. The number of primary amides is 1. The minimum absolute atomic E-state index is 0.0132. The number of hydrogen-bond donors (Lipinski definition) is 3. The van der Waals surface area contributed by atoms with Crippen molar-refractivity contribution in [3.63, 3.8) is 0 Å². The molecule has 1 saturated heterocycles. The van der Waals surface area contributed by atoms with Crippen LogP contribution in [-0.2, 0) is 4.79 Å². The Hall–Kier alpha value is -1.99. The van der Waals surface area contributed by atoms with Crippen molar-refractivity contribution in [3.05, 3.63) is 18.2 Å². The van der Waals surface area contributed by atoms with Crippen LogP contribution >= 0.6 is 0 Å². The smallest absolute Gasteiger partial charge is 0.231 e. The van der Waals surface area contributed by atoms with Crippen LogP contribution in [0.5, 0.6) is 17.2 Å². The Bertz CT molecular complexity index is 557. The van der Waals surface area contributed by atoms with Gasteiger partial charge in [0.05, 0.1) is 13.1 Å². The monoisotopic (exact) mass is 323 g/mol. The molecule has 0 aromatic heterocycles. The normalized spacial score (nSPS) is 24.2. The molecule has 4 N–H and O–H groups in total. The highest BCUT2D eigenvalue weighted by Crippen LogP contribution is 2.35. The van der Waals surface area contributed by atoms with E-state index in [1.54, 1.807) is 18.2 Å². The first-order valence-electron chi connectivity index (χ1n) is 7.95. The number of benzene rings is 1. The molecule has 3 rings (SSSR count). The topological polar surface area (TPSA) is 95.5 Å². The first kappa shape index (κ1) is 15.9. The molecule has 0 saturated carbocycles. The maximum absolute atomic E-state index is 11.1. The number of nitrogens with one attached hydrogen (secondary N) is 1. The summed E-state index contributed by atoms with van der Waals surface area (Å²) in [4.78, 5) is 12.4. The summed E-state index contributed by atoms with van der Waals surface area (Å²) >= 11 is 0. The van der Waals surface area contributed by atoms with Gasteiger partial charge in [-0.2, -0.15) is 0 Å². The van der Waals surface area contributed by atoms with E-state index < -0.39 is 6.10 Å². The third-order valence-electron chi connectivity index (χ3n) is 4.41. The summed E-state index contributed by atoms with van der Waals surface area (Å²) in [6.07, 6.45) is 1.03. The van der Waals surface area contributed by atoms with Gasteiger partial charge in [-0.3, -0.25) is 4.79 Å². The lowest BCUT2D eigenvalue weighted by Gasteiger charge is -2.29. The quantitative estimate of drug-likeness (QED) is 0.620. The van der Waals surface area contributed by atoms with E-state index in [-0.39, 0.29) is 25.2 Å². The van der Waals surface area contributed by atoms with Crippen molar-refractivity contribution in [3.8, 4) is 17.2 Å². The number of hydrogen-bond acceptors (Lipinski definition) is 5. The Morgan fingerprint density at radius 1 is 1.35 bits per heavy atom. The van der Waals surface area contributed by atoms with Crippen molar-refractivity contribution in [2.45, 2.75) is 18.9 Å². The first-order valence-corrected chi connectivity index (χ1v) is 7.95. The summed E-state index contributed by atoms with van der Waals surface area (Å²) in [5.74, 6) is 1.79. The second kappa shape index (κ2) is 7.06. The van der Waals surface area contributed by atoms with Gasteiger partial charge >= 0.3 is 0 Å². The molecule has 0 radical (unpaired) electrons. The predicted octanol–water partition coefficient (Wildman–Crippen LogP) is -1.06. The lowest BCUT2D eigenvalue weighted by Crippen LogP contribution is -3.14. The van der Waals surface area contributed by atoms with Gasteiger partial charge in [-0.25, -0.2) is 0 Å². The minimum Gasteiger partial charge on any atom is -0.491 e. The average Bonchev–Trinajstić information content (AvgIpc) is 3.01. The van der Waals surface area contributed by atoms with Crippen LogP contribution in [0.25, 0.3) is 0 Å². The molecule has 2 aliphatic rings. The lowest BCUT2D eigenvalue weighted by atomic mass is 9.96. The van der Waals surface area contributed by atoms with E-state index in [0.29, 0.717) is 23.8 Å². The number of piperidine rings is 1. The molecule has 1 aromatic rings. The number of carbonyl (C=O) groups is 1. The van der Waals surface area contributed by atoms with Crippen LogP contribution in [0.1, 0.15) is 12.8 Å². The van der Waals surface area contributed by atoms with Gasteiger partial charge in [0, 0.05) is 24.8 Å². The number of aliphatic hydroxyl groups excluding tert-OH is 1. The molecule has 1 aromatic carbocycles. The Morgan fingerprint density at radius 3 is 2.83 bits per heavy atom. The predicted molar refractivity (Wildman–Crippen MR) is 81.5 cm³/mol. The van der Waals surface area contributed by atoms with Gasteiger partial charge in [0.25, 0.3) is 0 Å². The molecular formula is C16H23N2O5+. The van der Waals surface area contributed by atoms with Gasteiger partial charge in [0.15, 0.2) is 11.5 Å². The zero-order chi connectivity index (χ0) is 16.2. The third-order valence-corrected chi connectivity index (χ3v) is 4.41. The van der Waals surface area contributed by atoms with Gasteiger partial charge in [0.2, 0.25) is 12.7 Å². The van der Waals surface area contributed by atoms with Crippen LogP contribution in [0.4, 0.5) is 0 Å². The Kier molecular flexibility index (Phi) is 4.88. The Labute approximate surface area is 134 Å². The van der Waals surface area contributed by atoms with Gasteiger partial charge in [0.1, 0.15) is 25.0 Å². The van der Waals surface area contributed by atoms with Crippen molar-refractivity contribution in [2.24, 2.45) is 11.7 Å². The summed E-state index contributed by atoms with van der Waals surface area (Å²) < 4.78 is 16.2. The Morgan fingerprint density at radius 2 is 2.09 bits per heavy atom. The molecule has 126 valence electrons. The third kappa shape index (κ3) is 4.05. The van der Waals surface area contributed by atoms with E-state index in [1.807, 2.05) is 0 Å². The van der Waals surface area contributed by atoms with Crippen molar-refractivity contribution in [2.75, 3.05) is 33.0 Å². The number of likely N-dealkylation sites (tertiary alicyclic amines) is 1. The fourth-order valence-electron chi connectivity index (χ4n) is 3.07. The molecule has 0 aliphatic carbocycles. The van der Waals surface area contributed by atoms with Gasteiger partial charge in [-0.05, 0) is 12.1 Å². The molecule has 2 heterocycles. The molecule has 0 bridgehead atoms. The van der Waals surface area contributed by atoms with Crippen molar-refractivity contribution < 1.29 is 29.0 Å². The molecule has 2 aliphatic heterocycles. The molecule has 7 nitrogen and oxygen atoms in total. The summed E-state index contributed by atoms with van der Waals surface area (Å²) in [7, 11) is 0. The highest BCUT2D eigenvalue weighted by atomic mass is 16.7. The fraction of sp³-hybridized carbons (Fsp3) is 0.562. The number of rotatable bonds is 6. The fourth-order valence-corrected chi connectivity index (χ4v) is 3.07. The van der Waals surface area contributed by atoms with E-state index in [4.69, 9.17) is 19.9 Å². The molecule has 1 fully saturated rings. The zero-order valence-corrected chi connectivity index (χ0v) is 13.0. The molecule has 0 unspecified atom stereocenters. The summed E-state index contributed by atoms with van der Waals surface area (Å²) in [5, 5.41) is 10.1. The van der Waals surface area contributed by atoms with Crippen molar-refractivity contribution in [1.29, 1.82) is 0 Å². The number of ether oxygens (including phenoxy) is 3. The highest BCUT2D eigenvalue weighted by Gasteiger charge is 2.27. The van der Waals surface area contributed by atoms with Gasteiger partial charge < -0.3 is 30.0 Å². The van der Waals surface area contributed by atoms with Crippen LogP contribution in [0.3, 0.4) is 0 Å². The van der Waals surface area contributed by atoms with Crippen LogP contribution in [0, 0.1) is 5.92 Å². The maximum Gasteiger partial charge on any atom is 0.231 e.